The van der Waals surface area contributed by atoms with Crippen LogP contribution in [0.1, 0.15) is 0 Å². The molecule has 28 heavy (non-hydrogen) atoms. The van der Waals surface area contributed by atoms with E-state index in [1.807, 2.05) is 53.2 Å². The zero-order chi connectivity index (χ0) is 19.7. The largest absolute Gasteiger partial charge is 0.315 e. The third-order valence-electron chi connectivity index (χ3n) is 4.40. The van der Waals surface area contributed by atoms with Crippen LogP contribution < -0.4 is 10.5 Å². The number of nitrogens with zero attached hydrogens (tertiary/aromatic N) is 3. The van der Waals surface area contributed by atoms with E-state index in [1.54, 1.807) is 30.3 Å². The van der Waals surface area contributed by atoms with Gasteiger partial charge in [-0.05, 0) is 23.6 Å². The molecule has 4 aromatic rings. The number of para-hydroxylation sites is 1. The summed E-state index contributed by atoms with van der Waals surface area (Å²) < 4.78 is 1.53. The van der Waals surface area contributed by atoms with Crippen LogP contribution in [0.3, 0.4) is 0 Å². The van der Waals surface area contributed by atoms with Crippen LogP contribution in [0.2, 0.25) is 0 Å². The molecule has 142 valence electrons. The molecule has 0 atom stereocenters. The molecule has 0 saturated heterocycles. The zero-order valence-corrected chi connectivity index (χ0v) is 17.7. The predicted octanol–water partition coefficient (Wildman–Crippen LogP) is 4.48. The SMILES string of the molecule is CN(C(=O)CSc1nc2scc(-c3cccs3)c2c(=O)n1C)c1ccccc1. The third kappa shape index (κ3) is 3.50. The average Bonchev–Trinajstić information content (AvgIpc) is 3.39. The maximum Gasteiger partial charge on any atom is 0.263 e. The first-order valence-corrected chi connectivity index (χ1v) is 11.3. The van der Waals surface area contributed by atoms with E-state index >= 15 is 0 Å². The van der Waals surface area contributed by atoms with Gasteiger partial charge in [0.1, 0.15) is 4.83 Å². The topological polar surface area (TPSA) is 55.2 Å². The molecule has 4 rings (SSSR count). The van der Waals surface area contributed by atoms with Crippen LogP contribution in [0.15, 0.2) is 63.2 Å². The van der Waals surface area contributed by atoms with E-state index in [4.69, 9.17) is 0 Å². The first-order chi connectivity index (χ1) is 13.6. The second kappa shape index (κ2) is 7.90. The number of thioether (sulfide) groups is 1. The number of carbonyl (C=O) groups excluding carboxylic acids is 1. The standard InChI is InChI=1S/C20H17N3O2S3/c1-22(13-7-4-3-5-8-13)16(24)12-28-20-21-18-17(19(25)23(20)2)14(11-27-18)15-9-6-10-26-15/h3-11H,12H2,1-2H3. The van der Waals surface area contributed by atoms with E-state index < -0.39 is 0 Å². The number of rotatable bonds is 5. The van der Waals surface area contributed by atoms with Crippen LogP contribution in [-0.2, 0) is 11.8 Å². The fourth-order valence-electron chi connectivity index (χ4n) is 2.81. The average molecular weight is 428 g/mol. The maximum absolute atomic E-state index is 13.0. The van der Waals surface area contributed by atoms with Gasteiger partial charge >= 0.3 is 0 Å². The summed E-state index contributed by atoms with van der Waals surface area (Å²) in [5, 5.41) is 5.17. The molecule has 0 aliphatic carbocycles. The summed E-state index contributed by atoms with van der Waals surface area (Å²) in [6, 6.07) is 13.5. The van der Waals surface area contributed by atoms with Crippen molar-refractivity contribution >= 4 is 56.2 Å². The van der Waals surface area contributed by atoms with Crippen molar-refractivity contribution in [2.45, 2.75) is 5.16 Å². The summed E-state index contributed by atoms with van der Waals surface area (Å²) in [6.07, 6.45) is 0. The summed E-state index contributed by atoms with van der Waals surface area (Å²) in [4.78, 5) is 33.5. The van der Waals surface area contributed by atoms with Crippen LogP contribution in [-0.4, -0.2) is 28.3 Å². The minimum atomic E-state index is -0.0824. The fourth-order valence-corrected chi connectivity index (χ4v) is 5.50. The zero-order valence-electron chi connectivity index (χ0n) is 15.3. The van der Waals surface area contributed by atoms with Crippen molar-refractivity contribution in [3.8, 4) is 10.4 Å². The van der Waals surface area contributed by atoms with Gasteiger partial charge in [0, 0.05) is 35.6 Å². The molecule has 3 aromatic heterocycles. The van der Waals surface area contributed by atoms with Crippen molar-refractivity contribution < 1.29 is 4.79 Å². The predicted molar refractivity (Wildman–Crippen MR) is 119 cm³/mol. The van der Waals surface area contributed by atoms with Gasteiger partial charge in [-0.3, -0.25) is 14.2 Å². The van der Waals surface area contributed by atoms with Crippen molar-refractivity contribution in [2.24, 2.45) is 7.05 Å². The van der Waals surface area contributed by atoms with Gasteiger partial charge in [0.05, 0.1) is 11.1 Å². The second-order valence-corrected chi connectivity index (χ2v) is 8.89. The maximum atomic E-state index is 13.0. The number of carbonyl (C=O) groups is 1. The lowest BCUT2D eigenvalue weighted by atomic mass is 10.2. The lowest BCUT2D eigenvalue weighted by Gasteiger charge is -2.17. The van der Waals surface area contributed by atoms with Gasteiger partial charge in [0.15, 0.2) is 5.16 Å². The van der Waals surface area contributed by atoms with Crippen LogP contribution in [0.4, 0.5) is 5.69 Å². The quantitative estimate of drug-likeness (QED) is 0.348. The van der Waals surface area contributed by atoms with Crippen molar-refractivity contribution in [1.82, 2.24) is 9.55 Å². The Bertz CT molecular complexity index is 1180. The fraction of sp³-hybridized carbons (Fsp3) is 0.150. The van der Waals surface area contributed by atoms with Gasteiger partial charge in [-0.15, -0.1) is 22.7 Å². The van der Waals surface area contributed by atoms with Crippen LogP contribution in [0.25, 0.3) is 20.7 Å². The summed E-state index contributed by atoms with van der Waals surface area (Å²) >= 11 is 4.35. The Balaban J connectivity index is 1.59. The van der Waals surface area contributed by atoms with Gasteiger partial charge in [-0.2, -0.15) is 0 Å². The molecule has 0 N–H and O–H groups in total. The van der Waals surface area contributed by atoms with Gasteiger partial charge in [0.2, 0.25) is 5.91 Å². The van der Waals surface area contributed by atoms with Crippen molar-refractivity contribution in [2.75, 3.05) is 17.7 Å². The van der Waals surface area contributed by atoms with E-state index in [-0.39, 0.29) is 17.2 Å². The summed E-state index contributed by atoms with van der Waals surface area (Å²) in [7, 11) is 3.46. The number of anilines is 1. The van der Waals surface area contributed by atoms with Crippen molar-refractivity contribution in [3.05, 3.63) is 63.6 Å². The van der Waals surface area contributed by atoms with Crippen molar-refractivity contribution in [3.63, 3.8) is 0 Å². The molecule has 0 spiro atoms. The van der Waals surface area contributed by atoms with Crippen LogP contribution in [0.5, 0.6) is 0 Å². The molecular weight excluding hydrogens is 410 g/mol. The van der Waals surface area contributed by atoms with Gasteiger partial charge in [-0.25, -0.2) is 4.98 Å². The molecule has 8 heteroatoms. The smallest absolute Gasteiger partial charge is 0.263 e. The van der Waals surface area contributed by atoms with E-state index in [2.05, 4.69) is 4.98 Å². The first kappa shape index (κ1) is 18.9. The lowest BCUT2D eigenvalue weighted by molar-refractivity contribution is -0.115. The number of aromatic nitrogens is 2. The molecule has 1 aromatic carbocycles. The second-order valence-electron chi connectivity index (χ2n) is 6.14. The van der Waals surface area contributed by atoms with Crippen LogP contribution >= 0.6 is 34.4 Å². The molecule has 0 bridgehead atoms. The molecule has 0 fully saturated rings. The summed E-state index contributed by atoms with van der Waals surface area (Å²) in [5.74, 6) is 0.163. The van der Waals surface area contributed by atoms with Crippen LogP contribution in [0, 0.1) is 0 Å². The highest BCUT2D eigenvalue weighted by atomic mass is 32.2. The van der Waals surface area contributed by atoms with E-state index in [0.29, 0.717) is 15.4 Å². The number of hydrogen-bond donors (Lipinski definition) is 0. The van der Waals surface area contributed by atoms with Crippen molar-refractivity contribution in [1.29, 1.82) is 0 Å². The Morgan fingerprint density at radius 1 is 1.18 bits per heavy atom. The number of thiophene rings is 2. The van der Waals surface area contributed by atoms with Gasteiger partial charge in [-0.1, -0.05) is 36.0 Å². The minimum Gasteiger partial charge on any atom is -0.315 e. The Hall–Kier alpha value is -2.42. The number of benzene rings is 1. The number of hydrogen-bond acceptors (Lipinski definition) is 6. The molecule has 0 unspecified atom stereocenters. The van der Waals surface area contributed by atoms with E-state index in [0.717, 1.165) is 16.1 Å². The van der Waals surface area contributed by atoms with E-state index in [9.17, 15) is 9.59 Å². The normalized spacial score (nSPS) is 11.1. The first-order valence-electron chi connectivity index (χ1n) is 8.53. The molecule has 3 heterocycles. The lowest BCUT2D eigenvalue weighted by Crippen LogP contribution is -2.28. The molecule has 0 radical (unpaired) electrons. The van der Waals surface area contributed by atoms with Gasteiger partial charge < -0.3 is 4.90 Å². The molecular formula is C20H17N3O2S3. The summed E-state index contributed by atoms with van der Waals surface area (Å²) in [6.45, 7) is 0. The van der Waals surface area contributed by atoms with Gasteiger partial charge in [0.25, 0.3) is 5.56 Å². The highest BCUT2D eigenvalue weighted by Crippen LogP contribution is 2.34. The Morgan fingerprint density at radius 3 is 2.68 bits per heavy atom. The molecule has 5 nitrogen and oxygen atoms in total. The Labute approximate surface area is 174 Å². The summed E-state index contributed by atoms with van der Waals surface area (Å²) in [5.41, 5.74) is 1.68. The molecule has 0 aliphatic heterocycles. The highest BCUT2D eigenvalue weighted by molar-refractivity contribution is 7.99. The molecule has 0 aliphatic rings. The molecule has 1 amide bonds. The third-order valence-corrected chi connectivity index (χ3v) is 7.19. The number of amides is 1. The Kier molecular flexibility index (Phi) is 5.34. The number of fused-ring (bicyclic) bond motifs is 1. The monoisotopic (exact) mass is 427 g/mol. The molecule has 0 saturated carbocycles. The minimum absolute atomic E-state index is 0.0454. The Morgan fingerprint density at radius 2 is 1.96 bits per heavy atom. The van der Waals surface area contributed by atoms with E-state index in [1.165, 1.54) is 27.7 Å². The highest BCUT2D eigenvalue weighted by Gasteiger charge is 2.18.